The highest BCUT2D eigenvalue weighted by Crippen LogP contribution is 2.22. The van der Waals surface area contributed by atoms with Crippen molar-refractivity contribution < 1.29 is 0 Å². The fraction of sp³-hybridized carbons (Fsp3) is 0.778. The zero-order valence-corrected chi connectivity index (χ0v) is 9.48. The van der Waals surface area contributed by atoms with Gasteiger partial charge in [0.15, 0.2) is 0 Å². The molecule has 0 fully saturated rings. The van der Waals surface area contributed by atoms with Gasteiger partial charge in [-0.3, -0.25) is 0 Å². The zero-order valence-electron chi connectivity index (χ0n) is 8.66. The molecule has 0 radical (unpaired) electrons. The van der Waals surface area contributed by atoms with E-state index in [-0.39, 0.29) is 11.5 Å². The Morgan fingerprint density at radius 2 is 2.15 bits per heavy atom. The predicted octanol–water partition coefficient (Wildman–Crippen LogP) is 1.99. The minimum atomic E-state index is -0.116. The highest BCUT2D eigenvalue weighted by atomic mass is 32.2. The Labute approximate surface area is 84.4 Å². The van der Waals surface area contributed by atoms with Gasteiger partial charge in [-0.1, -0.05) is 20.8 Å². The molecular weight excluding hydrogens is 182 g/mol. The molecule has 0 aliphatic heterocycles. The van der Waals surface area contributed by atoms with Crippen molar-refractivity contribution in [2.45, 2.75) is 33.2 Å². The molecular formula is C9H17N3S. The van der Waals surface area contributed by atoms with Crippen LogP contribution in [0.3, 0.4) is 0 Å². The van der Waals surface area contributed by atoms with Gasteiger partial charge in [-0.2, -0.15) is 10.3 Å². The Hall–Kier alpha value is -0.530. The first-order chi connectivity index (χ1) is 5.90. The average molecular weight is 199 g/mol. The number of nitrogens with two attached hydrogens (primary N) is 1. The molecule has 0 aromatic carbocycles. The summed E-state index contributed by atoms with van der Waals surface area (Å²) in [4.78, 5) is 3.69. The lowest BCUT2D eigenvalue weighted by atomic mass is 9.89. The minimum Gasteiger partial charge on any atom is -0.322 e. The summed E-state index contributed by atoms with van der Waals surface area (Å²) in [6.07, 6.45) is 4.50. The molecule has 0 heterocycles. The quantitative estimate of drug-likeness (QED) is 0.420. The van der Waals surface area contributed by atoms with E-state index in [0.29, 0.717) is 0 Å². The Kier molecular flexibility index (Phi) is 5.04. The standard InChI is InChI=1S/C9H17N3S/c1-9(2,3)5-7(11)8(13-4)12-6-10/h7H,5,11H2,1-4H3. The molecule has 4 heteroatoms. The van der Waals surface area contributed by atoms with Gasteiger partial charge in [0.1, 0.15) is 5.04 Å². The SMILES string of the molecule is CSC(=NC#N)C(N)CC(C)(C)C. The van der Waals surface area contributed by atoms with Gasteiger partial charge in [0.2, 0.25) is 6.19 Å². The van der Waals surface area contributed by atoms with Gasteiger partial charge in [0.05, 0.1) is 6.04 Å². The van der Waals surface area contributed by atoms with E-state index in [0.717, 1.165) is 11.5 Å². The summed E-state index contributed by atoms with van der Waals surface area (Å²) in [6, 6.07) is -0.116. The molecule has 0 saturated carbocycles. The molecule has 2 N–H and O–H groups in total. The summed E-state index contributed by atoms with van der Waals surface area (Å²) in [5.41, 5.74) is 6.07. The Balaban J connectivity index is 4.33. The smallest absolute Gasteiger partial charge is 0.206 e. The van der Waals surface area contributed by atoms with Crippen LogP contribution in [0, 0.1) is 16.9 Å². The van der Waals surface area contributed by atoms with Crippen molar-refractivity contribution in [2.24, 2.45) is 16.1 Å². The predicted molar refractivity (Wildman–Crippen MR) is 58.6 cm³/mol. The van der Waals surface area contributed by atoms with E-state index in [1.165, 1.54) is 11.8 Å². The van der Waals surface area contributed by atoms with Crippen LogP contribution >= 0.6 is 11.8 Å². The molecule has 0 bridgehead atoms. The molecule has 0 aromatic heterocycles. The monoisotopic (exact) mass is 199 g/mol. The third kappa shape index (κ3) is 5.67. The summed E-state index contributed by atoms with van der Waals surface area (Å²) in [6.45, 7) is 6.37. The normalized spacial score (nSPS) is 15.2. The molecule has 0 aromatic rings. The number of nitrogens with zero attached hydrogens (tertiary/aromatic N) is 2. The highest BCUT2D eigenvalue weighted by molar-refractivity contribution is 8.13. The van der Waals surface area contributed by atoms with Crippen molar-refractivity contribution in [3.8, 4) is 6.19 Å². The maximum Gasteiger partial charge on any atom is 0.206 e. The summed E-state index contributed by atoms with van der Waals surface area (Å²) < 4.78 is 0. The molecule has 0 rings (SSSR count). The van der Waals surface area contributed by atoms with Gasteiger partial charge in [0, 0.05) is 0 Å². The van der Waals surface area contributed by atoms with Crippen molar-refractivity contribution in [3.05, 3.63) is 0 Å². The summed E-state index contributed by atoms with van der Waals surface area (Å²) in [5.74, 6) is 0. The number of thioether (sulfide) groups is 1. The molecule has 0 saturated heterocycles. The first-order valence-electron chi connectivity index (χ1n) is 4.17. The lowest BCUT2D eigenvalue weighted by Crippen LogP contribution is -2.32. The van der Waals surface area contributed by atoms with Gasteiger partial charge >= 0.3 is 0 Å². The molecule has 0 spiro atoms. The van der Waals surface area contributed by atoms with Gasteiger partial charge < -0.3 is 5.73 Å². The van der Waals surface area contributed by atoms with Crippen molar-refractivity contribution >= 4 is 16.8 Å². The van der Waals surface area contributed by atoms with Crippen LogP contribution in [0.25, 0.3) is 0 Å². The van der Waals surface area contributed by atoms with E-state index >= 15 is 0 Å². The summed E-state index contributed by atoms with van der Waals surface area (Å²) in [7, 11) is 0. The van der Waals surface area contributed by atoms with Crippen molar-refractivity contribution in [2.75, 3.05) is 6.26 Å². The van der Waals surface area contributed by atoms with Gasteiger partial charge in [-0.05, 0) is 18.1 Å². The first kappa shape index (κ1) is 12.5. The largest absolute Gasteiger partial charge is 0.322 e. The van der Waals surface area contributed by atoms with Crippen molar-refractivity contribution in [3.63, 3.8) is 0 Å². The Bertz CT molecular complexity index is 222. The van der Waals surface area contributed by atoms with Gasteiger partial charge in [-0.25, -0.2) is 0 Å². The van der Waals surface area contributed by atoms with Crippen LogP contribution in [0.5, 0.6) is 0 Å². The average Bonchev–Trinajstić information content (AvgIpc) is 1.96. The Morgan fingerprint density at radius 1 is 1.62 bits per heavy atom. The number of nitriles is 1. The van der Waals surface area contributed by atoms with Crippen LogP contribution in [0.2, 0.25) is 0 Å². The summed E-state index contributed by atoms with van der Waals surface area (Å²) in [5, 5.41) is 9.13. The number of aliphatic imine (C=N–C) groups is 1. The fourth-order valence-electron chi connectivity index (χ4n) is 1.08. The van der Waals surface area contributed by atoms with E-state index in [2.05, 4.69) is 25.8 Å². The van der Waals surface area contributed by atoms with Crippen LogP contribution in [0.4, 0.5) is 0 Å². The van der Waals surface area contributed by atoms with Crippen LogP contribution in [0.1, 0.15) is 27.2 Å². The minimum absolute atomic E-state index is 0.116. The number of hydrogen-bond donors (Lipinski definition) is 1. The van der Waals surface area contributed by atoms with E-state index < -0.39 is 0 Å². The number of rotatable bonds is 2. The maximum absolute atomic E-state index is 8.41. The molecule has 0 aliphatic rings. The van der Waals surface area contributed by atoms with Crippen LogP contribution in [-0.4, -0.2) is 17.3 Å². The lowest BCUT2D eigenvalue weighted by molar-refractivity contribution is 0.368. The third-order valence-electron chi connectivity index (χ3n) is 1.52. The van der Waals surface area contributed by atoms with E-state index in [4.69, 9.17) is 11.0 Å². The molecule has 1 unspecified atom stereocenters. The molecule has 1 atom stereocenters. The Morgan fingerprint density at radius 3 is 2.46 bits per heavy atom. The number of hydrogen-bond acceptors (Lipinski definition) is 4. The second-order valence-electron chi connectivity index (χ2n) is 4.13. The zero-order chi connectivity index (χ0) is 10.5. The third-order valence-corrected chi connectivity index (χ3v) is 2.33. The molecule has 0 aliphatic carbocycles. The van der Waals surface area contributed by atoms with E-state index in [1.807, 2.05) is 6.26 Å². The molecule has 74 valence electrons. The van der Waals surface area contributed by atoms with Crippen LogP contribution in [0.15, 0.2) is 4.99 Å². The van der Waals surface area contributed by atoms with Crippen molar-refractivity contribution in [1.82, 2.24) is 0 Å². The molecule has 3 nitrogen and oxygen atoms in total. The highest BCUT2D eigenvalue weighted by Gasteiger charge is 2.19. The fourth-order valence-corrected chi connectivity index (χ4v) is 1.59. The van der Waals surface area contributed by atoms with Crippen LogP contribution < -0.4 is 5.73 Å². The second-order valence-corrected chi connectivity index (χ2v) is 4.95. The van der Waals surface area contributed by atoms with Gasteiger partial charge in [0.25, 0.3) is 0 Å². The summed E-state index contributed by atoms with van der Waals surface area (Å²) >= 11 is 1.45. The van der Waals surface area contributed by atoms with E-state index in [9.17, 15) is 0 Å². The first-order valence-corrected chi connectivity index (χ1v) is 5.39. The van der Waals surface area contributed by atoms with Crippen LogP contribution in [-0.2, 0) is 0 Å². The second kappa shape index (κ2) is 5.25. The molecule has 0 amide bonds. The lowest BCUT2D eigenvalue weighted by Gasteiger charge is -2.22. The van der Waals surface area contributed by atoms with Gasteiger partial charge in [-0.15, -0.1) is 11.8 Å². The molecule has 13 heavy (non-hydrogen) atoms. The maximum atomic E-state index is 8.41. The van der Waals surface area contributed by atoms with E-state index in [1.54, 1.807) is 6.19 Å². The topological polar surface area (TPSA) is 62.2 Å². The van der Waals surface area contributed by atoms with Crippen molar-refractivity contribution in [1.29, 1.82) is 5.26 Å².